The first-order valence-corrected chi connectivity index (χ1v) is 11.4. The number of carbonyl (C=O) groups is 2. The van der Waals surface area contributed by atoms with E-state index >= 15 is 0 Å². The number of fused-ring (bicyclic) bond motifs is 1. The summed E-state index contributed by atoms with van der Waals surface area (Å²) in [5.41, 5.74) is 1.96. The van der Waals surface area contributed by atoms with Gasteiger partial charge in [-0.25, -0.2) is 0 Å². The summed E-state index contributed by atoms with van der Waals surface area (Å²) in [7, 11) is 0. The first-order valence-electron chi connectivity index (χ1n) is 9.82. The summed E-state index contributed by atoms with van der Waals surface area (Å²) in [6.45, 7) is 4.88. The Morgan fingerprint density at radius 2 is 1.79 bits per heavy atom. The van der Waals surface area contributed by atoms with Crippen molar-refractivity contribution in [3.05, 3.63) is 43.7 Å². The highest BCUT2D eigenvalue weighted by atomic mass is 35.5. The first-order chi connectivity index (χ1) is 14.0. The van der Waals surface area contributed by atoms with Gasteiger partial charge < -0.3 is 15.4 Å². The largest absolute Gasteiger partial charge is 0.490 e. The lowest BCUT2D eigenvalue weighted by Gasteiger charge is -2.13. The van der Waals surface area contributed by atoms with E-state index in [1.807, 2.05) is 13.8 Å². The highest BCUT2D eigenvalue weighted by Crippen LogP contribution is 2.39. The summed E-state index contributed by atoms with van der Waals surface area (Å²) in [5.74, 6) is -0.136. The highest BCUT2D eigenvalue weighted by Gasteiger charge is 2.26. The van der Waals surface area contributed by atoms with E-state index in [0.717, 1.165) is 37.7 Å². The molecule has 0 radical (unpaired) electrons. The topological polar surface area (TPSA) is 67.4 Å². The van der Waals surface area contributed by atoms with Gasteiger partial charge in [-0.1, -0.05) is 30.1 Å². The fourth-order valence-corrected chi connectivity index (χ4v) is 5.23. The van der Waals surface area contributed by atoms with Crippen molar-refractivity contribution in [2.75, 3.05) is 18.5 Å². The minimum absolute atomic E-state index is 0.151. The molecule has 5 nitrogen and oxygen atoms in total. The third-order valence-electron chi connectivity index (χ3n) is 4.67. The van der Waals surface area contributed by atoms with E-state index in [0.29, 0.717) is 35.0 Å². The fraction of sp³-hybridized carbons (Fsp3) is 0.429. The van der Waals surface area contributed by atoms with Crippen LogP contribution in [0.15, 0.2) is 12.1 Å². The van der Waals surface area contributed by atoms with E-state index in [9.17, 15) is 9.59 Å². The van der Waals surface area contributed by atoms with Gasteiger partial charge in [0.1, 0.15) is 5.00 Å². The highest BCUT2D eigenvalue weighted by molar-refractivity contribution is 7.17. The molecule has 0 atom stereocenters. The molecule has 0 saturated heterocycles. The summed E-state index contributed by atoms with van der Waals surface area (Å²) in [4.78, 5) is 26.7. The standard InChI is InChI=1S/C21H24Cl2N2O3S/c1-3-9-28-18-14(22)10-12(11-15(18)23)19(26)25-21-17(20(27)24-4-2)13-7-5-6-8-16(13)29-21/h10-11H,3-9H2,1-2H3,(H,24,27)(H,25,26). The molecule has 2 amide bonds. The molecule has 1 aliphatic rings. The van der Waals surface area contributed by atoms with Gasteiger partial charge in [-0.3, -0.25) is 9.59 Å². The molecule has 0 saturated carbocycles. The smallest absolute Gasteiger partial charge is 0.256 e. The second-order valence-corrected chi connectivity index (χ2v) is 8.77. The number of thiophene rings is 1. The van der Waals surface area contributed by atoms with Gasteiger partial charge in [-0.05, 0) is 56.7 Å². The average molecular weight is 455 g/mol. The summed E-state index contributed by atoms with van der Waals surface area (Å²) in [5, 5.41) is 6.90. The van der Waals surface area contributed by atoms with Crippen molar-refractivity contribution in [2.45, 2.75) is 46.0 Å². The lowest BCUT2D eigenvalue weighted by Crippen LogP contribution is -2.25. The van der Waals surface area contributed by atoms with Gasteiger partial charge in [0.25, 0.3) is 11.8 Å². The van der Waals surface area contributed by atoms with Gasteiger partial charge in [0.05, 0.1) is 22.2 Å². The van der Waals surface area contributed by atoms with E-state index in [1.165, 1.54) is 28.3 Å². The Morgan fingerprint density at radius 3 is 2.45 bits per heavy atom. The molecule has 1 heterocycles. The Morgan fingerprint density at radius 1 is 1.10 bits per heavy atom. The van der Waals surface area contributed by atoms with Gasteiger partial charge in [0.2, 0.25) is 0 Å². The number of rotatable bonds is 7. The summed E-state index contributed by atoms with van der Waals surface area (Å²) in [6, 6.07) is 3.07. The quantitative estimate of drug-likeness (QED) is 0.561. The second-order valence-electron chi connectivity index (χ2n) is 6.85. The average Bonchev–Trinajstić information content (AvgIpc) is 3.05. The van der Waals surface area contributed by atoms with Crippen LogP contribution < -0.4 is 15.4 Å². The van der Waals surface area contributed by atoms with Crippen molar-refractivity contribution in [1.82, 2.24) is 5.32 Å². The fourth-order valence-electron chi connectivity index (χ4n) is 3.35. The van der Waals surface area contributed by atoms with Gasteiger partial charge >= 0.3 is 0 Å². The number of aryl methyl sites for hydroxylation is 1. The monoisotopic (exact) mass is 454 g/mol. The van der Waals surface area contributed by atoms with Crippen molar-refractivity contribution >= 4 is 51.4 Å². The molecule has 2 N–H and O–H groups in total. The Kier molecular flexibility index (Phi) is 7.44. The third kappa shape index (κ3) is 4.87. The van der Waals surface area contributed by atoms with Crippen LogP contribution in [0, 0.1) is 0 Å². The van der Waals surface area contributed by atoms with Crippen LogP contribution >= 0.6 is 34.5 Å². The molecule has 2 aromatic rings. The molecular weight excluding hydrogens is 431 g/mol. The number of halogens is 2. The molecule has 0 fully saturated rings. The second kappa shape index (κ2) is 9.83. The molecule has 8 heteroatoms. The zero-order valence-electron chi connectivity index (χ0n) is 16.5. The van der Waals surface area contributed by atoms with Crippen LogP contribution in [0.5, 0.6) is 5.75 Å². The minimum atomic E-state index is -0.361. The molecule has 29 heavy (non-hydrogen) atoms. The molecule has 156 valence electrons. The maximum Gasteiger partial charge on any atom is 0.256 e. The Hall–Kier alpha value is -1.76. The van der Waals surface area contributed by atoms with Gasteiger partial charge in [-0.2, -0.15) is 0 Å². The van der Waals surface area contributed by atoms with Crippen molar-refractivity contribution in [1.29, 1.82) is 0 Å². The van der Waals surface area contributed by atoms with Crippen LogP contribution in [0.4, 0.5) is 5.00 Å². The van der Waals surface area contributed by atoms with E-state index in [2.05, 4.69) is 10.6 Å². The molecule has 0 unspecified atom stereocenters. The van der Waals surface area contributed by atoms with Crippen LogP contribution in [0.2, 0.25) is 10.0 Å². The van der Waals surface area contributed by atoms with Crippen LogP contribution in [0.25, 0.3) is 0 Å². The van der Waals surface area contributed by atoms with Gasteiger partial charge in [0.15, 0.2) is 5.75 Å². The number of amides is 2. The number of nitrogens with one attached hydrogen (secondary N) is 2. The van der Waals surface area contributed by atoms with Crippen LogP contribution in [0.3, 0.4) is 0 Å². The molecule has 0 aliphatic heterocycles. The van der Waals surface area contributed by atoms with Gasteiger partial charge in [0, 0.05) is 17.0 Å². The van der Waals surface area contributed by atoms with Crippen molar-refractivity contribution in [3.8, 4) is 5.75 Å². The molecule has 1 aliphatic carbocycles. The Bertz CT molecular complexity index is 904. The Balaban J connectivity index is 1.89. The van der Waals surface area contributed by atoms with Crippen LogP contribution in [-0.4, -0.2) is 25.0 Å². The predicted octanol–water partition coefficient (Wildman–Crippen LogP) is 5.72. The lowest BCUT2D eigenvalue weighted by molar-refractivity contribution is 0.0956. The molecule has 0 bridgehead atoms. The Labute approximate surface area is 184 Å². The maximum absolute atomic E-state index is 12.9. The van der Waals surface area contributed by atoms with E-state index in [1.54, 1.807) is 0 Å². The number of hydrogen-bond acceptors (Lipinski definition) is 4. The molecule has 0 spiro atoms. The lowest BCUT2D eigenvalue weighted by atomic mass is 9.95. The van der Waals surface area contributed by atoms with E-state index in [4.69, 9.17) is 27.9 Å². The van der Waals surface area contributed by atoms with Crippen molar-refractivity contribution in [2.24, 2.45) is 0 Å². The third-order valence-corrected chi connectivity index (χ3v) is 6.44. The molecule has 1 aromatic carbocycles. The minimum Gasteiger partial charge on any atom is -0.490 e. The van der Waals surface area contributed by atoms with Crippen LogP contribution in [-0.2, 0) is 12.8 Å². The van der Waals surface area contributed by atoms with Gasteiger partial charge in [-0.15, -0.1) is 11.3 Å². The van der Waals surface area contributed by atoms with E-state index < -0.39 is 0 Å². The number of carbonyl (C=O) groups excluding carboxylic acids is 2. The molecule has 3 rings (SSSR count). The van der Waals surface area contributed by atoms with Crippen molar-refractivity contribution in [3.63, 3.8) is 0 Å². The number of ether oxygens (including phenoxy) is 1. The summed E-state index contributed by atoms with van der Waals surface area (Å²) < 4.78 is 5.56. The van der Waals surface area contributed by atoms with Crippen molar-refractivity contribution < 1.29 is 14.3 Å². The van der Waals surface area contributed by atoms with E-state index in [-0.39, 0.29) is 21.9 Å². The molecular formula is C21H24Cl2N2O3S. The summed E-state index contributed by atoms with van der Waals surface area (Å²) in [6.07, 6.45) is 4.76. The summed E-state index contributed by atoms with van der Waals surface area (Å²) >= 11 is 14.0. The zero-order chi connectivity index (χ0) is 21.0. The predicted molar refractivity (Wildman–Crippen MR) is 119 cm³/mol. The zero-order valence-corrected chi connectivity index (χ0v) is 18.8. The SMILES string of the molecule is CCCOc1c(Cl)cc(C(=O)Nc2sc3c(c2C(=O)NCC)CCCC3)cc1Cl. The maximum atomic E-state index is 12.9. The number of anilines is 1. The molecule has 1 aromatic heterocycles. The number of benzene rings is 1. The normalized spacial score (nSPS) is 13.0. The first kappa shape index (κ1) is 21.9. The van der Waals surface area contributed by atoms with Crippen LogP contribution in [0.1, 0.15) is 64.3 Å². The number of hydrogen-bond donors (Lipinski definition) is 2.